The third kappa shape index (κ3) is 8.13. The van der Waals surface area contributed by atoms with Crippen LogP contribution in [0.5, 0.6) is 0 Å². The quantitative estimate of drug-likeness (QED) is 0.695. The molecular weight excluding hydrogens is 374 g/mol. The van der Waals surface area contributed by atoms with Crippen molar-refractivity contribution >= 4 is 18.0 Å². The fourth-order valence-corrected chi connectivity index (χ4v) is 2.47. The molecule has 0 bridgehead atoms. The van der Waals surface area contributed by atoms with Crippen LogP contribution in [0.15, 0.2) is 24.3 Å². The Morgan fingerprint density at radius 1 is 0.897 bits per heavy atom. The summed E-state index contributed by atoms with van der Waals surface area (Å²) < 4.78 is 10.6. The Hall–Kier alpha value is -2.57. The molecule has 2 N–H and O–H groups in total. The van der Waals surface area contributed by atoms with E-state index in [1.165, 1.54) is 0 Å². The Kier molecular flexibility index (Phi) is 7.46. The second kappa shape index (κ2) is 8.84. The van der Waals surface area contributed by atoms with Gasteiger partial charge in [-0.25, -0.2) is 9.59 Å². The molecule has 0 spiro atoms. The number of nitrogens with one attached hydrogen (secondary N) is 1. The van der Waals surface area contributed by atoms with Crippen molar-refractivity contribution < 1.29 is 29.0 Å². The summed E-state index contributed by atoms with van der Waals surface area (Å²) >= 11 is 0. The number of carbonyl (C=O) groups is 3. The Balaban J connectivity index is 2.89. The minimum atomic E-state index is -1.16. The van der Waals surface area contributed by atoms with Crippen molar-refractivity contribution in [1.29, 1.82) is 0 Å². The lowest BCUT2D eigenvalue weighted by atomic mass is 9.84. The van der Waals surface area contributed by atoms with Crippen molar-refractivity contribution in [3.63, 3.8) is 0 Å². The summed E-state index contributed by atoms with van der Waals surface area (Å²) in [6, 6.07) is 5.90. The van der Waals surface area contributed by atoms with Crippen LogP contribution in [-0.2, 0) is 30.9 Å². The average Bonchev–Trinajstić information content (AvgIpc) is 2.51. The van der Waals surface area contributed by atoms with Crippen molar-refractivity contribution in [2.45, 2.75) is 84.5 Å². The molecule has 1 rings (SSSR count). The summed E-state index contributed by atoms with van der Waals surface area (Å²) in [6.45, 7) is 14.1. The molecule has 0 unspecified atom stereocenters. The third-order valence-electron chi connectivity index (χ3n) is 4.01. The number of aliphatic carboxylic acids is 1. The molecule has 29 heavy (non-hydrogen) atoms. The van der Waals surface area contributed by atoms with E-state index in [1.54, 1.807) is 58.9 Å². The van der Waals surface area contributed by atoms with E-state index >= 15 is 0 Å². The van der Waals surface area contributed by atoms with Gasteiger partial charge in [0.1, 0.15) is 17.2 Å². The predicted octanol–water partition coefficient (Wildman–Crippen LogP) is 3.83. The molecule has 7 nitrogen and oxygen atoms in total. The number of benzene rings is 1. The lowest BCUT2D eigenvalue weighted by Crippen LogP contribution is -2.44. The van der Waals surface area contributed by atoms with Crippen LogP contribution in [0.4, 0.5) is 4.79 Å². The maximum Gasteiger partial charge on any atom is 0.408 e. The van der Waals surface area contributed by atoms with Crippen molar-refractivity contribution in [2.75, 3.05) is 0 Å². The first-order valence-corrected chi connectivity index (χ1v) is 9.56. The molecular formula is C22H33NO6. The number of rotatable bonds is 6. The fourth-order valence-electron chi connectivity index (χ4n) is 2.47. The van der Waals surface area contributed by atoms with Gasteiger partial charge in [-0.3, -0.25) is 4.79 Å². The van der Waals surface area contributed by atoms with Crippen LogP contribution in [0.3, 0.4) is 0 Å². The summed E-state index contributed by atoms with van der Waals surface area (Å²) in [7, 11) is 0. The molecule has 0 aliphatic carbocycles. The minimum Gasteiger partial charge on any atom is -0.480 e. The van der Waals surface area contributed by atoms with Crippen LogP contribution < -0.4 is 5.32 Å². The number of carbonyl (C=O) groups excluding carboxylic acids is 2. The lowest BCUT2D eigenvalue weighted by Gasteiger charge is -2.29. The number of carboxylic acid groups (broad SMARTS) is 1. The van der Waals surface area contributed by atoms with Crippen LogP contribution >= 0.6 is 0 Å². The molecule has 0 aromatic heterocycles. The number of amides is 1. The molecule has 0 aliphatic rings. The first-order valence-electron chi connectivity index (χ1n) is 9.56. The molecule has 1 aromatic rings. The second-order valence-electron chi connectivity index (χ2n) is 9.56. The standard InChI is InChI=1S/C22H33NO6/c1-20(2,3)28-18(26)22(7,8)15-11-9-14(10-12-15)13-16(17(24)25)23-19(27)29-21(4,5)6/h9-12,16H,13H2,1-8H3,(H,23,27)(H,24,25)/t16-/m0/s1. The van der Waals surface area contributed by atoms with Crippen molar-refractivity contribution in [1.82, 2.24) is 5.32 Å². The van der Waals surface area contributed by atoms with E-state index in [-0.39, 0.29) is 12.4 Å². The van der Waals surface area contributed by atoms with Gasteiger partial charge in [-0.1, -0.05) is 24.3 Å². The van der Waals surface area contributed by atoms with Gasteiger partial charge in [0, 0.05) is 6.42 Å². The Morgan fingerprint density at radius 3 is 1.79 bits per heavy atom. The molecule has 0 saturated carbocycles. The molecule has 7 heteroatoms. The number of ether oxygens (including phenoxy) is 2. The summed E-state index contributed by atoms with van der Waals surface area (Å²) in [5.41, 5.74) is -0.704. The number of alkyl carbamates (subject to hydrolysis) is 1. The van der Waals surface area contributed by atoms with E-state index in [9.17, 15) is 19.5 Å². The van der Waals surface area contributed by atoms with Crippen molar-refractivity contribution in [3.8, 4) is 0 Å². The number of hydrogen-bond acceptors (Lipinski definition) is 5. The van der Waals surface area contributed by atoms with Crippen LogP contribution in [0.2, 0.25) is 0 Å². The minimum absolute atomic E-state index is 0.0850. The number of hydrogen-bond donors (Lipinski definition) is 2. The third-order valence-corrected chi connectivity index (χ3v) is 4.01. The maximum absolute atomic E-state index is 12.5. The van der Waals surface area contributed by atoms with Gasteiger partial charge in [-0.2, -0.15) is 0 Å². The Morgan fingerprint density at radius 2 is 1.38 bits per heavy atom. The van der Waals surface area contributed by atoms with E-state index in [2.05, 4.69) is 5.32 Å². The van der Waals surface area contributed by atoms with Gasteiger partial charge < -0.3 is 19.9 Å². The zero-order valence-corrected chi connectivity index (χ0v) is 18.6. The first-order chi connectivity index (χ1) is 13.0. The molecule has 1 aromatic carbocycles. The van der Waals surface area contributed by atoms with E-state index < -0.39 is 34.7 Å². The highest BCUT2D eigenvalue weighted by Gasteiger charge is 2.34. The van der Waals surface area contributed by atoms with Gasteiger partial charge in [-0.05, 0) is 66.5 Å². The molecule has 0 fully saturated rings. The highest BCUT2D eigenvalue weighted by molar-refractivity contribution is 5.82. The second-order valence-corrected chi connectivity index (χ2v) is 9.56. The summed E-state index contributed by atoms with van der Waals surface area (Å²) in [4.78, 5) is 35.9. The topological polar surface area (TPSA) is 102 Å². The zero-order valence-electron chi connectivity index (χ0n) is 18.6. The monoisotopic (exact) mass is 407 g/mol. The summed E-state index contributed by atoms with van der Waals surface area (Å²) in [6.07, 6.45) is -0.700. The molecule has 0 aliphatic heterocycles. The van der Waals surface area contributed by atoms with Gasteiger partial charge in [0.05, 0.1) is 5.41 Å². The smallest absolute Gasteiger partial charge is 0.408 e. The van der Waals surface area contributed by atoms with Crippen molar-refractivity contribution in [3.05, 3.63) is 35.4 Å². The van der Waals surface area contributed by atoms with E-state index in [0.717, 1.165) is 5.56 Å². The van der Waals surface area contributed by atoms with E-state index in [4.69, 9.17) is 9.47 Å². The number of carboxylic acids is 1. The SMILES string of the molecule is CC(C)(C)OC(=O)N[C@@H](Cc1ccc(C(C)(C)C(=O)OC(C)(C)C)cc1)C(=O)O. The van der Waals surface area contributed by atoms with Gasteiger partial charge in [0.2, 0.25) is 0 Å². The molecule has 0 radical (unpaired) electrons. The van der Waals surface area contributed by atoms with Gasteiger partial charge in [0.25, 0.3) is 0 Å². The van der Waals surface area contributed by atoms with Gasteiger partial charge >= 0.3 is 18.0 Å². The van der Waals surface area contributed by atoms with Crippen LogP contribution in [-0.4, -0.2) is 40.4 Å². The average molecular weight is 408 g/mol. The first kappa shape index (κ1) is 24.5. The van der Waals surface area contributed by atoms with Gasteiger partial charge in [-0.15, -0.1) is 0 Å². The van der Waals surface area contributed by atoms with Crippen LogP contribution in [0, 0.1) is 0 Å². The summed E-state index contributed by atoms with van der Waals surface area (Å²) in [5, 5.41) is 11.8. The predicted molar refractivity (Wildman–Crippen MR) is 110 cm³/mol. The molecule has 1 amide bonds. The highest BCUT2D eigenvalue weighted by Crippen LogP contribution is 2.27. The lowest BCUT2D eigenvalue weighted by molar-refractivity contribution is -0.160. The maximum atomic E-state index is 12.5. The number of esters is 1. The van der Waals surface area contributed by atoms with Crippen LogP contribution in [0.25, 0.3) is 0 Å². The van der Waals surface area contributed by atoms with E-state index in [0.29, 0.717) is 5.56 Å². The van der Waals surface area contributed by atoms with Crippen LogP contribution in [0.1, 0.15) is 66.5 Å². The highest BCUT2D eigenvalue weighted by atomic mass is 16.6. The fraction of sp³-hybridized carbons (Fsp3) is 0.591. The zero-order chi connectivity index (χ0) is 22.6. The Labute approximate surface area is 172 Å². The molecule has 162 valence electrons. The largest absolute Gasteiger partial charge is 0.480 e. The van der Waals surface area contributed by atoms with Gasteiger partial charge in [0.15, 0.2) is 0 Å². The molecule has 0 heterocycles. The normalized spacial score (nSPS) is 13.4. The molecule has 0 saturated heterocycles. The van der Waals surface area contributed by atoms with Crippen molar-refractivity contribution in [2.24, 2.45) is 0 Å². The molecule has 1 atom stereocenters. The Bertz CT molecular complexity index is 738. The summed E-state index contributed by atoms with van der Waals surface area (Å²) in [5.74, 6) is -1.50. The van der Waals surface area contributed by atoms with E-state index in [1.807, 2.05) is 20.8 Å².